The molecule has 1 saturated heterocycles. The van der Waals surface area contributed by atoms with Crippen LogP contribution in [0.15, 0.2) is 0 Å². The van der Waals surface area contributed by atoms with E-state index in [2.05, 4.69) is 9.64 Å². The molecule has 0 spiro atoms. The summed E-state index contributed by atoms with van der Waals surface area (Å²) in [5, 5.41) is 14.8. The third-order valence-electron chi connectivity index (χ3n) is 2.34. The highest BCUT2D eigenvalue weighted by atomic mass is 16.5. The average molecular weight is 247 g/mol. The zero-order valence-corrected chi connectivity index (χ0v) is 9.88. The van der Waals surface area contributed by atoms with Crippen molar-refractivity contribution in [1.29, 1.82) is 0 Å². The van der Waals surface area contributed by atoms with Crippen LogP contribution in [0, 0.1) is 5.92 Å². The van der Waals surface area contributed by atoms with Gasteiger partial charge in [-0.2, -0.15) is 0 Å². The molecule has 0 amide bonds. The van der Waals surface area contributed by atoms with Crippen molar-refractivity contribution in [3.05, 3.63) is 0 Å². The number of carboxylic acids is 2. The van der Waals surface area contributed by atoms with E-state index in [4.69, 9.17) is 19.8 Å². The second kappa shape index (κ2) is 7.61. The largest absolute Gasteiger partial charge is 0.473 e. The van der Waals surface area contributed by atoms with Crippen molar-refractivity contribution in [1.82, 2.24) is 4.90 Å². The molecule has 0 aliphatic carbocycles. The normalized spacial score (nSPS) is 19.8. The molecule has 7 heteroatoms. The molecule has 2 N–H and O–H groups in total. The lowest BCUT2D eigenvalue weighted by Gasteiger charge is -2.27. The van der Waals surface area contributed by atoms with Gasteiger partial charge >= 0.3 is 17.9 Å². The molecule has 1 unspecified atom stereocenters. The van der Waals surface area contributed by atoms with E-state index in [1.807, 2.05) is 7.05 Å². The Morgan fingerprint density at radius 2 is 1.76 bits per heavy atom. The van der Waals surface area contributed by atoms with Gasteiger partial charge in [0.15, 0.2) is 0 Å². The van der Waals surface area contributed by atoms with Crippen LogP contribution in [0.2, 0.25) is 0 Å². The summed E-state index contributed by atoms with van der Waals surface area (Å²) >= 11 is 0. The van der Waals surface area contributed by atoms with Crippen LogP contribution in [0.5, 0.6) is 0 Å². The molecule has 0 radical (unpaired) electrons. The monoisotopic (exact) mass is 247 g/mol. The molecule has 1 fully saturated rings. The summed E-state index contributed by atoms with van der Waals surface area (Å²) in [4.78, 5) is 31.4. The van der Waals surface area contributed by atoms with Crippen molar-refractivity contribution in [2.75, 3.05) is 27.2 Å². The third kappa shape index (κ3) is 6.52. The molecule has 0 aromatic heterocycles. The van der Waals surface area contributed by atoms with E-state index >= 15 is 0 Å². The molecule has 17 heavy (non-hydrogen) atoms. The summed E-state index contributed by atoms with van der Waals surface area (Å²) < 4.78 is 4.67. The van der Waals surface area contributed by atoms with Crippen molar-refractivity contribution in [3.8, 4) is 0 Å². The summed E-state index contributed by atoms with van der Waals surface area (Å²) in [7, 11) is 3.49. The fourth-order valence-corrected chi connectivity index (χ4v) is 1.53. The highest BCUT2D eigenvalue weighted by Crippen LogP contribution is 2.15. The highest BCUT2D eigenvalue weighted by Gasteiger charge is 2.23. The Labute approximate surface area is 99.0 Å². The first-order chi connectivity index (χ1) is 7.88. The average Bonchev–Trinajstić information content (AvgIpc) is 2.28. The number of carboxylic acid groups (broad SMARTS) is 2. The maximum atomic E-state index is 11.1. The summed E-state index contributed by atoms with van der Waals surface area (Å²) in [5.74, 6) is -3.60. The van der Waals surface area contributed by atoms with Gasteiger partial charge in [0.1, 0.15) is 0 Å². The first-order valence-corrected chi connectivity index (χ1v) is 5.11. The second-order valence-corrected chi connectivity index (χ2v) is 3.73. The van der Waals surface area contributed by atoms with Crippen molar-refractivity contribution in [2.24, 2.45) is 5.92 Å². The number of rotatable bonds is 1. The van der Waals surface area contributed by atoms with Gasteiger partial charge in [-0.3, -0.25) is 4.79 Å². The Morgan fingerprint density at radius 1 is 1.24 bits per heavy atom. The van der Waals surface area contributed by atoms with Crippen molar-refractivity contribution in [3.63, 3.8) is 0 Å². The SMILES string of the molecule is COC(=O)C1CCCN(C)C1.O=C(O)C(=O)O. The lowest BCUT2D eigenvalue weighted by molar-refractivity contribution is -0.159. The highest BCUT2D eigenvalue weighted by molar-refractivity contribution is 6.27. The van der Waals surface area contributed by atoms with Crippen molar-refractivity contribution >= 4 is 17.9 Å². The van der Waals surface area contributed by atoms with E-state index in [-0.39, 0.29) is 11.9 Å². The minimum Gasteiger partial charge on any atom is -0.473 e. The Hall–Kier alpha value is -1.63. The van der Waals surface area contributed by atoms with E-state index < -0.39 is 11.9 Å². The van der Waals surface area contributed by atoms with Gasteiger partial charge in [0, 0.05) is 6.54 Å². The number of aliphatic carboxylic acids is 2. The molecule has 0 saturated carbocycles. The third-order valence-corrected chi connectivity index (χ3v) is 2.34. The van der Waals surface area contributed by atoms with Gasteiger partial charge < -0.3 is 19.8 Å². The Kier molecular flexibility index (Phi) is 6.88. The van der Waals surface area contributed by atoms with E-state index in [0.29, 0.717) is 0 Å². The Balaban J connectivity index is 0.000000366. The Morgan fingerprint density at radius 3 is 2.12 bits per heavy atom. The molecule has 1 atom stereocenters. The number of esters is 1. The lowest BCUT2D eigenvalue weighted by atomic mass is 9.99. The molecule has 7 nitrogen and oxygen atoms in total. The summed E-state index contributed by atoms with van der Waals surface area (Å²) in [5.41, 5.74) is 0. The van der Waals surface area contributed by atoms with Crippen LogP contribution in [-0.4, -0.2) is 60.3 Å². The van der Waals surface area contributed by atoms with E-state index in [0.717, 1.165) is 25.9 Å². The summed E-state index contributed by atoms with van der Waals surface area (Å²) in [6.45, 7) is 1.96. The number of hydrogen-bond donors (Lipinski definition) is 2. The van der Waals surface area contributed by atoms with Crippen molar-refractivity contribution in [2.45, 2.75) is 12.8 Å². The number of methoxy groups -OCH3 is 1. The number of carbonyl (C=O) groups excluding carboxylic acids is 1. The van der Waals surface area contributed by atoms with Crippen LogP contribution in [0.1, 0.15) is 12.8 Å². The molecular formula is C10H17NO6. The molecule has 1 aliphatic heterocycles. The predicted molar refractivity (Wildman–Crippen MR) is 57.5 cm³/mol. The van der Waals surface area contributed by atoms with E-state index in [1.54, 1.807) is 0 Å². The minimum absolute atomic E-state index is 0.0587. The molecule has 0 aromatic carbocycles. The maximum absolute atomic E-state index is 11.1. The van der Waals surface area contributed by atoms with Gasteiger partial charge in [-0.05, 0) is 26.4 Å². The van der Waals surface area contributed by atoms with Crippen LogP contribution in [0.4, 0.5) is 0 Å². The van der Waals surface area contributed by atoms with Crippen LogP contribution in [0.3, 0.4) is 0 Å². The van der Waals surface area contributed by atoms with Gasteiger partial charge in [-0.25, -0.2) is 9.59 Å². The molecule has 0 bridgehead atoms. The number of ether oxygens (including phenoxy) is 1. The predicted octanol–water partition coefficient (Wildman–Crippen LogP) is -0.343. The van der Waals surface area contributed by atoms with Crippen LogP contribution >= 0.6 is 0 Å². The fraction of sp³-hybridized carbons (Fsp3) is 0.700. The molecule has 1 rings (SSSR count). The number of carbonyl (C=O) groups is 3. The van der Waals surface area contributed by atoms with Gasteiger partial charge in [-0.15, -0.1) is 0 Å². The van der Waals surface area contributed by atoms with Gasteiger partial charge in [0.25, 0.3) is 0 Å². The van der Waals surface area contributed by atoms with Gasteiger partial charge in [0.2, 0.25) is 0 Å². The summed E-state index contributed by atoms with van der Waals surface area (Å²) in [6.07, 6.45) is 2.09. The smallest absolute Gasteiger partial charge is 0.414 e. The van der Waals surface area contributed by atoms with Gasteiger partial charge in [-0.1, -0.05) is 0 Å². The quantitative estimate of drug-likeness (QED) is 0.482. The van der Waals surface area contributed by atoms with Gasteiger partial charge in [0.05, 0.1) is 13.0 Å². The Bertz CT molecular complexity index is 279. The molecular weight excluding hydrogens is 230 g/mol. The first kappa shape index (κ1) is 15.4. The number of nitrogens with zero attached hydrogens (tertiary/aromatic N) is 1. The van der Waals surface area contributed by atoms with Crippen LogP contribution in [0.25, 0.3) is 0 Å². The lowest BCUT2D eigenvalue weighted by Crippen LogP contribution is -2.36. The molecule has 0 aromatic rings. The fourth-order valence-electron chi connectivity index (χ4n) is 1.53. The molecule has 1 aliphatic rings. The second-order valence-electron chi connectivity index (χ2n) is 3.73. The number of likely N-dealkylation sites (tertiary alicyclic amines) is 1. The zero-order chi connectivity index (χ0) is 13.4. The summed E-state index contributed by atoms with van der Waals surface area (Å²) in [6, 6.07) is 0. The van der Waals surface area contributed by atoms with Crippen LogP contribution in [-0.2, 0) is 19.1 Å². The number of hydrogen-bond acceptors (Lipinski definition) is 5. The maximum Gasteiger partial charge on any atom is 0.414 e. The van der Waals surface area contributed by atoms with E-state index in [1.165, 1.54) is 7.11 Å². The van der Waals surface area contributed by atoms with Crippen LogP contribution < -0.4 is 0 Å². The zero-order valence-electron chi connectivity index (χ0n) is 9.88. The first-order valence-electron chi connectivity index (χ1n) is 5.11. The standard InChI is InChI=1S/C8H15NO2.C2H2O4/c1-9-5-3-4-7(6-9)8(10)11-2;3-1(4)2(5)6/h7H,3-6H2,1-2H3;(H,3,4)(H,5,6). The number of piperidine rings is 1. The minimum atomic E-state index is -1.82. The van der Waals surface area contributed by atoms with E-state index in [9.17, 15) is 4.79 Å². The topological polar surface area (TPSA) is 104 Å². The molecule has 98 valence electrons. The molecule has 1 heterocycles. The van der Waals surface area contributed by atoms with Crippen molar-refractivity contribution < 1.29 is 29.3 Å².